The average molecular weight is 307 g/mol. The lowest BCUT2D eigenvalue weighted by Crippen LogP contribution is -2.15. The van der Waals surface area contributed by atoms with Gasteiger partial charge in [-0.25, -0.2) is 0 Å². The number of aromatic nitrogens is 3. The first-order valence-electron chi connectivity index (χ1n) is 7.30. The summed E-state index contributed by atoms with van der Waals surface area (Å²) in [6, 6.07) is 5.63. The number of rotatable bonds is 5. The van der Waals surface area contributed by atoms with E-state index in [9.17, 15) is 0 Å². The fourth-order valence-corrected chi connectivity index (χ4v) is 2.85. The zero-order chi connectivity index (χ0) is 14.7. The summed E-state index contributed by atoms with van der Waals surface area (Å²) in [7, 11) is 0. The largest absolute Gasteiger partial charge is 0.485 e. The summed E-state index contributed by atoms with van der Waals surface area (Å²) in [4.78, 5) is 0. The molecule has 0 aliphatic carbocycles. The highest BCUT2D eigenvalue weighted by atomic mass is 35.5. The summed E-state index contributed by atoms with van der Waals surface area (Å²) >= 11 is 6.02. The van der Waals surface area contributed by atoms with Gasteiger partial charge >= 0.3 is 0 Å². The van der Waals surface area contributed by atoms with E-state index in [1.54, 1.807) is 0 Å². The number of fused-ring (bicyclic) bond motifs is 1. The molecule has 6 heteroatoms. The first-order valence-corrected chi connectivity index (χ1v) is 7.68. The number of hydrogen-bond acceptors (Lipinski definition) is 4. The van der Waals surface area contributed by atoms with E-state index in [1.165, 1.54) is 12.8 Å². The third kappa shape index (κ3) is 3.19. The molecule has 2 N–H and O–H groups in total. The van der Waals surface area contributed by atoms with Crippen molar-refractivity contribution in [2.45, 2.75) is 38.8 Å². The molecule has 2 heterocycles. The van der Waals surface area contributed by atoms with Crippen molar-refractivity contribution in [1.82, 2.24) is 14.8 Å². The van der Waals surface area contributed by atoms with E-state index in [2.05, 4.69) is 14.8 Å². The molecule has 0 fully saturated rings. The highest BCUT2D eigenvalue weighted by Gasteiger charge is 2.16. The van der Waals surface area contributed by atoms with Crippen molar-refractivity contribution in [2.24, 2.45) is 5.73 Å². The van der Waals surface area contributed by atoms with Crippen molar-refractivity contribution in [1.29, 1.82) is 0 Å². The summed E-state index contributed by atoms with van der Waals surface area (Å²) < 4.78 is 8.09. The van der Waals surface area contributed by atoms with Gasteiger partial charge in [0.1, 0.15) is 18.2 Å². The zero-order valence-electron chi connectivity index (χ0n) is 11.9. The van der Waals surface area contributed by atoms with Gasteiger partial charge in [0.25, 0.3) is 0 Å². The number of halogens is 1. The Morgan fingerprint density at radius 2 is 2.19 bits per heavy atom. The van der Waals surface area contributed by atoms with Crippen molar-refractivity contribution in [3.8, 4) is 5.75 Å². The van der Waals surface area contributed by atoms with Gasteiger partial charge in [-0.05, 0) is 49.6 Å². The first kappa shape index (κ1) is 14.4. The van der Waals surface area contributed by atoms with Crippen molar-refractivity contribution >= 4 is 11.6 Å². The van der Waals surface area contributed by atoms with Gasteiger partial charge in [-0.2, -0.15) is 0 Å². The number of nitrogens with two attached hydrogens (primary N) is 1. The average Bonchev–Trinajstić information content (AvgIpc) is 2.90. The lowest BCUT2D eigenvalue weighted by atomic mass is 10.1. The van der Waals surface area contributed by atoms with Gasteiger partial charge < -0.3 is 15.0 Å². The fraction of sp³-hybridized carbons (Fsp3) is 0.467. The van der Waals surface area contributed by atoms with Gasteiger partial charge in [-0.15, -0.1) is 10.2 Å². The molecule has 5 nitrogen and oxygen atoms in total. The third-order valence-corrected chi connectivity index (χ3v) is 3.96. The standard InChI is InChI=1S/C15H19ClN4O/c16-12-4-5-13(11(9-12)6-7-17)21-10-15-19-18-14-3-1-2-8-20(14)15/h4-5,9H,1-3,6-8,10,17H2. The third-order valence-electron chi connectivity index (χ3n) is 3.73. The van der Waals surface area contributed by atoms with Gasteiger partial charge in [0, 0.05) is 18.0 Å². The smallest absolute Gasteiger partial charge is 0.171 e. The molecule has 0 radical (unpaired) electrons. The van der Waals surface area contributed by atoms with Gasteiger partial charge in [0.05, 0.1) is 0 Å². The number of aryl methyl sites for hydroxylation is 1. The van der Waals surface area contributed by atoms with Crippen LogP contribution in [0.5, 0.6) is 5.75 Å². The number of ether oxygens (including phenoxy) is 1. The molecule has 3 rings (SSSR count). The molecule has 0 spiro atoms. The van der Waals surface area contributed by atoms with Crippen LogP contribution in [0.1, 0.15) is 30.1 Å². The molecule has 1 aliphatic rings. The number of nitrogens with zero attached hydrogens (tertiary/aromatic N) is 3. The lowest BCUT2D eigenvalue weighted by Gasteiger charge is -2.16. The Kier molecular flexibility index (Phi) is 4.41. The van der Waals surface area contributed by atoms with Crippen molar-refractivity contribution in [3.63, 3.8) is 0 Å². The van der Waals surface area contributed by atoms with Gasteiger partial charge in [0.15, 0.2) is 5.82 Å². The van der Waals surface area contributed by atoms with E-state index in [1.807, 2.05) is 18.2 Å². The Bertz CT molecular complexity index is 626. The minimum absolute atomic E-state index is 0.423. The predicted octanol–water partition coefficient (Wildman–Crippen LogP) is 2.35. The van der Waals surface area contributed by atoms with Crippen LogP contribution in [0.15, 0.2) is 18.2 Å². The molecule has 0 amide bonds. The Balaban J connectivity index is 1.74. The molecule has 1 aromatic carbocycles. The van der Waals surface area contributed by atoms with Crippen LogP contribution in [0.4, 0.5) is 0 Å². The quantitative estimate of drug-likeness (QED) is 0.921. The highest BCUT2D eigenvalue weighted by Crippen LogP contribution is 2.24. The van der Waals surface area contributed by atoms with E-state index >= 15 is 0 Å². The zero-order valence-corrected chi connectivity index (χ0v) is 12.6. The molecule has 0 unspecified atom stereocenters. The normalized spacial score (nSPS) is 14.0. The monoisotopic (exact) mass is 306 g/mol. The molecule has 0 saturated heterocycles. The topological polar surface area (TPSA) is 66.0 Å². The summed E-state index contributed by atoms with van der Waals surface area (Å²) in [5, 5.41) is 9.18. The molecule has 0 saturated carbocycles. The second-order valence-corrected chi connectivity index (χ2v) is 5.66. The Labute approximate surface area is 129 Å². The molecule has 1 aliphatic heterocycles. The summed E-state index contributed by atoms with van der Waals surface area (Å²) in [6.07, 6.45) is 4.12. The van der Waals surface area contributed by atoms with E-state index < -0.39 is 0 Å². The molecular weight excluding hydrogens is 288 g/mol. The van der Waals surface area contributed by atoms with E-state index in [-0.39, 0.29) is 0 Å². The Morgan fingerprint density at radius 3 is 3.05 bits per heavy atom. The van der Waals surface area contributed by atoms with Crippen molar-refractivity contribution in [3.05, 3.63) is 40.4 Å². The van der Waals surface area contributed by atoms with Crippen LogP contribution in [0.3, 0.4) is 0 Å². The van der Waals surface area contributed by atoms with Gasteiger partial charge in [-0.3, -0.25) is 0 Å². The maximum Gasteiger partial charge on any atom is 0.171 e. The minimum atomic E-state index is 0.423. The molecule has 0 bridgehead atoms. The second-order valence-electron chi connectivity index (χ2n) is 5.22. The summed E-state index contributed by atoms with van der Waals surface area (Å²) in [5.41, 5.74) is 6.67. The number of benzene rings is 1. The van der Waals surface area contributed by atoms with E-state index in [0.29, 0.717) is 18.2 Å². The lowest BCUT2D eigenvalue weighted by molar-refractivity contribution is 0.283. The van der Waals surface area contributed by atoms with Crippen molar-refractivity contribution in [2.75, 3.05) is 6.54 Å². The summed E-state index contributed by atoms with van der Waals surface area (Å²) in [6.45, 7) is 1.97. The van der Waals surface area contributed by atoms with Crippen LogP contribution < -0.4 is 10.5 Å². The summed E-state index contributed by atoms with van der Waals surface area (Å²) in [5.74, 6) is 2.77. The van der Waals surface area contributed by atoms with Gasteiger partial charge in [0.2, 0.25) is 0 Å². The van der Waals surface area contributed by atoms with Crippen LogP contribution in [0.2, 0.25) is 5.02 Å². The van der Waals surface area contributed by atoms with Crippen LogP contribution in [0.25, 0.3) is 0 Å². The fourth-order valence-electron chi connectivity index (χ4n) is 2.66. The molecule has 1 aromatic heterocycles. The molecule has 2 aromatic rings. The Hall–Kier alpha value is -1.59. The van der Waals surface area contributed by atoms with Crippen LogP contribution in [-0.2, 0) is 26.0 Å². The molecule has 112 valence electrons. The first-order chi connectivity index (χ1) is 10.3. The molecule has 0 atom stereocenters. The maximum absolute atomic E-state index is 6.02. The minimum Gasteiger partial charge on any atom is -0.485 e. The highest BCUT2D eigenvalue weighted by molar-refractivity contribution is 6.30. The van der Waals surface area contributed by atoms with Crippen LogP contribution >= 0.6 is 11.6 Å². The predicted molar refractivity (Wildman–Crippen MR) is 81.5 cm³/mol. The van der Waals surface area contributed by atoms with Gasteiger partial charge in [-0.1, -0.05) is 11.6 Å². The molecular formula is C15H19ClN4O. The van der Waals surface area contributed by atoms with Crippen LogP contribution in [0, 0.1) is 0 Å². The van der Waals surface area contributed by atoms with Crippen LogP contribution in [-0.4, -0.2) is 21.3 Å². The van der Waals surface area contributed by atoms with Crippen molar-refractivity contribution < 1.29 is 4.74 Å². The van der Waals surface area contributed by atoms with E-state index in [0.717, 1.165) is 42.3 Å². The Morgan fingerprint density at radius 1 is 1.29 bits per heavy atom. The number of hydrogen-bond donors (Lipinski definition) is 1. The SMILES string of the molecule is NCCc1cc(Cl)ccc1OCc1nnc2n1CCCC2. The maximum atomic E-state index is 6.02. The van der Waals surface area contributed by atoms with E-state index in [4.69, 9.17) is 22.1 Å². The molecule has 21 heavy (non-hydrogen) atoms. The second kappa shape index (κ2) is 6.45.